The van der Waals surface area contributed by atoms with Gasteiger partial charge in [0.25, 0.3) is 0 Å². The summed E-state index contributed by atoms with van der Waals surface area (Å²) in [7, 11) is 0. The Morgan fingerprint density at radius 2 is 1.90 bits per heavy atom. The Hall–Kier alpha value is -2.94. The van der Waals surface area contributed by atoms with Crippen LogP contribution in [0.4, 0.5) is 0 Å². The number of hydroxylamine groups is 1. The van der Waals surface area contributed by atoms with Gasteiger partial charge in [0.2, 0.25) is 23.6 Å². The Balaban J connectivity index is 1.83. The first-order valence-corrected chi connectivity index (χ1v) is 10.3. The smallest absolute Gasteiger partial charge is 0.243 e. The van der Waals surface area contributed by atoms with Gasteiger partial charge in [-0.1, -0.05) is 43.2 Å². The zero-order valence-corrected chi connectivity index (χ0v) is 17.0. The third-order valence-electron chi connectivity index (χ3n) is 5.02. The van der Waals surface area contributed by atoms with E-state index in [1.54, 1.807) is 5.48 Å². The van der Waals surface area contributed by atoms with Crippen LogP contribution in [0.5, 0.6) is 0 Å². The van der Waals surface area contributed by atoms with Crippen molar-refractivity contribution in [3.05, 3.63) is 35.9 Å². The maximum absolute atomic E-state index is 12.7. The summed E-state index contributed by atoms with van der Waals surface area (Å²) in [4.78, 5) is 47.5. The summed E-state index contributed by atoms with van der Waals surface area (Å²) < 4.78 is 0. The zero-order valence-electron chi connectivity index (χ0n) is 17.0. The molecular formula is C21H30N4O5. The summed E-state index contributed by atoms with van der Waals surface area (Å²) in [5, 5.41) is 16.7. The average Bonchev–Trinajstić information content (AvgIpc) is 3.19. The van der Waals surface area contributed by atoms with Crippen molar-refractivity contribution in [3.8, 4) is 0 Å². The van der Waals surface area contributed by atoms with Crippen molar-refractivity contribution in [1.29, 1.82) is 0 Å². The molecule has 164 valence electrons. The van der Waals surface area contributed by atoms with Crippen LogP contribution in [0.15, 0.2) is 30.3 Å². The van der Waals surface area contributed by atoms with Gasteiger partial charge in [-0.15, -0.1) is 0 Å². The number of unbranched alkanes of at least 4 members (excludes halogenated alkanes) is 2. The predicted octanol–water partition coefficient (Wildman–Crippen LogP) is 0.565. The molecule has 4 amide bonds. The zero-order chi connectivity index (χ0) is 21.8. The van der Waals surface area contributed by atoms with E-state index in [0.717, 1.165) is 5.56 Å². The van der Waals surface area contributed by atoms with Crippen LogP contribution >= 0.6 is 0 Å². The molecule has 1 aromatic carbocycles. The van der Waals surface area contributed by atoms with Crippen LogP contribution in [0.3, 0.4) is 0 Å². The highest BCUT2D eigenvalue weighted by Crippen LogP contribution is 2.10. The number of carbonyl (C=O) groups is 4. The van der Waals surface area contributed by atoms with E-state index in [2.05, 4.69) is 16.0 Å². The van der Waals surface area contributed by atoms with Gasteiger partial charge in [-0.3, -0.25) is 24.4 Å². The minimum Gasteiger partial charge on any atom is -0.354 e. The molecule has 0 saturated carbocycles. The molecule has 0 unspecified atom stereocenters. The number of nitrogens with one attached hydrogen (secondary N) is 4. The minimum absolute atomic E-state index is 0.166. The molecule has 0 aromatic heterocycles. The quantitative estimate of drug-likeness (QED) is 0.192. The highest BCUT2D eigenvalue weighted by molar-refractivity contribution is 5.93. The van der Waals surface area contributed by atoms with E-state index in [4.69, 9.17) is 5.21 Å². The molecule has 0 bridgehead atoms. The molecule has 1 aromatic rings. The summed E-state index contributed by atoms with van der Waals surface area (Å²) in [6, 6.07) is 8.45. The van der Waals surface area contributed by atoms with Crippen molar-refractivity contribution in [1.82, 2.24) is 21.4 Å². The number of carbonyl (C=O) groups excluding carboxylic acids is 4. The lowest BCUT2D eigenvalue weighted by Gasteiger charge is -2.20. The van der Waals surface area contributed by atoms with Crippen molar-refractivity contribution >= 4 is 23.6 Å². The number of amides is 4. The van der Waals surface area contributed by atoms with Crippen molar-refractivity contribution < 1.29 is 24.4 Å². The molecule has 0 radical (unpaired) electrons. The topological polar surface area (TPSA) is 137 Å². The van der Waals surface area contributed by atoms with Crippen LogP contribution < -0.4 is 21.4 Å². The van der Waals surface area contributed by atoms with Gasteiger partial charge in [0.1, 0.15) is 12.1 Å². The van der Waals surface area contributed by atoms with Crippen LogP contribution in [0.25, 0.3) is 0 Å². The van der Waals surface area contributed by atoms with Gasteiger partial charge < -0.3 is 16.0 Å². The molecular weight excluding hydrogens is 388 g/mol. The van der Waals surface area contributed by atoms with Crippen molar-refractivity contribution in [2.24, 2.45) is 0 Å². The Kier molecular flexibility index (Phi) is 9.79. The van der Waals surface area contributed by atoms with Crippen LogP contribution in [0.2, 0.25) is 0 Å². The molecule has 2 rings (SSSR count). The fourth-order valence-electron chi connectivity index (χ4n) is 3.32. The van der Waals surface area contributed by atoms with Gasteiger partial charge in [-0.05, 0) is 31.2 Å². The van der Waals surface area contributed by atoms with Crippen molar-refractivity contribution in [2.45, 2.75) is 63.5 Å². The van der Waals surface area contributed by atoms with E-state index >= 15 is 0 Å². The van der Waals surface area contributed by atoms with Crippen LogP contribution in [0, 0.1) is 0 Å². The van der Waals surface area contributed by atoms with Gasteiger partial charge in [0.05, 0.1) is 0 Å². The van der Waals surface area contributed by atoms with E-state index in [0.29, 0.717) is 51.5 Å². The highest BCUT2D eigenvalue weighted by atomic mass is 16.5. The molecule has 0 aliphatic carbocycles. The van der Waals surface area contributed by atoms with Gasteiger partial charge in [-0.25, -0.2) is 5.48 Å². The van der Waals surface area contributed by atoms with Gasteiger partial charge >= 0.3 is 0 Å². The first kappa shape index (κ1) is 23.3. The predicted molar refractivity (Wildman–Crippen MR) is 109 cm³/mol. The van der Waals surface area contributed by atoms with E-state index < -0.39 is 18.0 Å². The molecule has 9 nitrogen and oxygen atoms in total. The second kappa shape index (κ2) is 12.6. The van der Waals surface area contributed by atoms with Crippen molar-refractivity contribution in [2.75, 3.05) is 6.54 Å². The molecule has 9 heteroatoms. The van der Waals surface area contributed by atoms with E-state index in [-0.39, 0.29) is 24.1 Å². The average molecular weight is 418 g/mol. The molecule has 1 fully saturated rings. The first-order valence-electron chi connectivity index (χ1n) is 10.3. The molecule has 0 spiro atoms. The largest absolute Gasteiger partial charge is 0.354 e. The third kappa shape index (κ3) is 8.20. The second-order valence-electron chi connectivity index (χ2n) is 7.38. The molecule has 1 heterocycles. The molecule has 2 atom stereocenters. The van der Waals surface area contributed by atoms with Crippen LogP contribution in [0.1, 0.15) is 50.5 Å². The first-order chi connectivity index (χ1) is 14.5. The standard InChI is InChI=1S/C21H30N4O5/c26-18-12-11-17(23-18)21(29)24-16(9-5-2-6-10-19(27)25-30)20(28)22-14-13-15-7-3-1-4-8-15/h1,3-4,7-8,16-17,30H,2,5-6,9-14H2,(H,22,28)(H,23,26)(H,24,29)(H,25,27)/t16-,17+/m0/s1. The second-order valence-corrected chi connectivity index (χ2v) is 7.38. The summed E-state index contributed by atoms with van der Waals surface area (Å²) >= 11 is 0. The lowest BCUT2D eigenvalue weighted by atomic mass is 10.0. The third-order valence-corrected chi connectivity index (χ3v) is 5.02. The number of hydrogen-bond acceptors (Lipinski definition) is 5. The SMILES string of the molecule is O=C(CCCCC[C@H](NC(=O)[C@H]1CCC(=O)N1)C(=O)NCCc1ccccc1)NO. The molecule has 1 saturated heterocycles. The molecule has 5 N–H and O–H groups in total. The van der Waals surface area contributed by atoms with Crippen LogP contribution in [-0.2, 0) is 25.6 Å². The Morgan fingerprint density at radius 3 is 2.57 bits per heavy atom. The number of benzene rings is 1. The Labute approximate surface area is 175 Å². The Bertz CT molecular complexity index is 725. The van der Waals surface area contributed by atoms with E-state index in [1.165, 1.54) is 0 Å². The van der Waals surface area contributed by atoms with Crippen LogP contribution in [-0.4, -0.2) is 47.5 Å². The summed E-state index contributed by atoms with van der Waals surface area (Å²) in [6.45, 7) is 0.450. The lowest BCUT2D eigenvalue weighted by Crippen LogP contribution is -2.52. The van der Waals surface area contributed by atoms with E-state index in [9.17, 15) is 19.2 Å². The maximum atomic E-state index is 12.7. The minimum atomic E-state index is -0.711. The monoisotopic (exact) mass is 418 g/mol. The summed E-state index contributed by atoms with van der Waals surface area (Å²) in [5.41, 5.74) is 2.69. The molecule has 30 heavy (non-hydrogen) atoms. The van der Waals surface area contributed by atoms with Crippen molar-refractivity contribution in [3.63, 3.8) is 0 Å². The van der Waals surface area contributed by atoms with Gasteiger partial charge in [0.15, 0.2) is 0 Å². The lowest BCUT2D eigenvalue weighted by molar-refractivity contribution is -0.130. The number of rotatable bonds is 12. The normalized spacial score (nSPS) is 16.4. The highest BCUT2D eigenvalue weighted by Gasteiger charge is 2.30. The van der Waals surface area contributed by atoms with Gasteiger partial charge in [-0.2, -0.15) is 0 Å². The molecule has 1 aliphatic heterocycles. The fourth-order valence-corrected chi connectivity index (χ4v) is 3.32. The van der Waals surface area contributed by atoms with Gasteiger partial charge in [0, 0.05) is 19.4 Å². The maximum Gasteiger partial charge on any atom is 0.243 e. The molecule has 1 aliphatic rings. The fraction of sp³-hybridized carbons (Fsp3) is 0.524. The summed E-state index contributed by atoms with van der Waals surface area (Å²) in [6.07, 6.45) is 3.91. The number of hydrogen-bond donors (Lipinski definition) is 5. The Morgan fingerprint density at radius 1 is 1.13 bits per heavy atom. The summed E-state index contributed by atoms with van der Waals surface area (Å²) in [5.74, 6) is -1.24. The van der Waals surface area contributed by atoms with E-state index in [1.807, 2.05) is 30.3 Å².